The Morgan fingerprint density at radius 2 is 1.45 bits per heavy atom. The van der Waals surface area contributed by atoms with E-state index in [0.717, 1.165) is 23.1 Å². The maximum atomic E-state index is 13.4. The zero-order valence-corrected chi connectivity index (χ0v) is 19.3. The van der Waals surface area contributed by atoms with Gasteiger partial charge in [-0.15, -0.1) is 0 Å². The number of rotatable bonds is 10. The molecule has 0 bridgehead atoms. The van der Waals surface area contributed by atoms with E-state index < -0.39 is 6.04 Å². The standard InChI is InChI=1S/C28H31FN2O2/c1-3-21-9-11-22(12-10-21)15-18-27(32)31(20-24-13-16-25(29)17-14-24)26(28(33)30-2)19-23-7-5-4-6-8-23/h4-14,16-17,26H,3,15,18-20H2,1-2H3,(H,30,33)/t26-/m0/s1. The zero-order chi connectivity index (χ0) is 23.6. The Labute approximate surface area is 195 Å². The van der Waals surface area contributed by atoms with Crippen molar-refractivity contribution in [1.82, 2.24) is 10.2 Å². The maximum absolute atomic E-state index is 13.4. The van der Waals surface area contributed by atoms with Crippen LogP contribution in [0.5, 0.6) is 0 Å². The molecule has 0 aliphatic rings. The van der Waals surface area contributed by atoms with Gasteiger partial charge in [0.1, 0.15) is 11.9 Å². The molecule has 0 aromatic heterocycles. The van der Waals surface area contributed by atoms with Crippen molar-refractivity contribution in [3.63, 3.8) is 0 Å². The highest BCUT2D eigenvalue weighted by Crippen LogP contribution is 2.17. The highest BCUT2D eigenvalue weighted by atomic mass is 19.1. The second-order valence-electron chi connectivity index (χ2n) is 8.14. The lowest BCUT2D eigenvalue weighted by Crippen LogP contribution is -2.49. The Bertz CT molecular complexity index is 1030. The minimum atomic E-state index is -0.669. The Kier molecular flexibility index (Phi) is 8.76. The van der Waals surface area contributed by atoms with E-state index in [0.29, 0.717) is 12.8 Å². The van der Waals surface area contributed by atoms with E-state index in [2.05, 4.69) is 36.5 Å². The molecule has 2 amide bonds. The largest absolute Gasteiger partial charge is 0.357 e. The van der Waals surface area contributed by atoms with Crippen LogP contribution in [0.1, 0.15) is 35.6 Å². The monoisotopic (exact) mass is 446 g/mol. The summed E-state index contributed by atoms with van der Waals surface area (Å²) in [7, 11) is 1.58. The molecule has 0 saturated carbocycles. The van der Waals surface area contributed by atoms with Gasteiger partial charge in [-0.05, 0) is 47.2 Å². The molecule has 0 fully saturated rings. The van der Waals surface area contributed by atoms with Crippen LogP contribution in [0.25, 0.3) is 0 Å². The van der Waals surface area contributed by atoms with Gasteiger partial charge in [0, 0.05) is 26.4 Å². The van der Waals surface area contributed by atoms with E-state index in [1.54, 1.807) is 24.1 Å². The van der Waals surface area contributed by atoms with Crippen LogP contribution < -0.4 is 5.32 Å². The number of nitrogens with one attached hydrogen (secondary N) is 1. The fourth-order valence-corrected chi connectivity index (χ4v) is 3.84. The minimum absolute atomic E-state index is 0.108. The zero-order valence-electron chi connectivity index (χ0n) is 19.3. The van der Waals surface area contributed by atoms with Crippen molar-refractivity contribution in [1.29, 1.82) is 0 Å². The highest BCUT2D eigenvalue weighted by molar-refractivity contribution is 5.88. The van der Waals surface area contributed by atoms with Crippen molar-refractivity contribution in [2.45, 2.75) is 45.2 Å². The molecule has 0 spiro atoms. The molecule has 3 aromatic carbocycles. The van der Waals surface area contributed by atoms with E-state index in [1.165, 1.54) is 17.7 Å². The van der Waals surface area contributed by atoms with Gasteiger partial charge in [-0.1, -0.05) is 73.7 Å². The second-order valence-corrected chi connectivity index (χ2v) is 8.14. The fourth-order valence-electron chi connectivity index (χ4n) is 3.84. The topological polar surface area (TPSA) is 49.4 Å². The predicted molar refractivity (Wildman–Crippen MR) is 129 cm³/mol. The first-order valence-corrected chi connectivity index (χ1v) is 11.4. The summed E-state index contributed by atoms with van der Waals surface area (Å²) in [6.45, 7) is 2.34. The van der Waals surface area contributed by atoms with Gasteiger partial charge in [0.05, 0.1) is 0 Å². The lowest BCUT2D eigenvalue weighted by molar-refractivity contribution is -0.141. The van der Waals surface area contributed by atoms with E-state index in [4.69, 9.17) is 0 Å². The van der Waals surface area contributed by atoms with Gasteiger partial charge in [-0.25, -0.2) is 4.39 Å². The number of aryl methyl sites for hydroxylation is 2. The molecule has 0 aliphatic heterocycles. The van der Waals surface area contributed by atoms with Gasteiger partial charge < -0.3 is 10.2 Å². The average Bonchev–Trinajstić information content (AvgIpc) is 2.86. The number of carbonyl (C=O) groups is 2. The summed E-state index contributed by atoms with van der Waals surface area (Å²) in [6, 6.07) is 23.3. The summed E-state index contributed by atoms with van der Waals surface area (Å²) in [5.74, 6) is -0.663. The number of halogens is 1. The molecule has 1 N–H and O–H groups in total. The summed E-state index contributed by atoms with van der Waals surface area (Å²) in [4.78, 5) is 27.9. The molecule has 5 heteroatoms. The first kappa shape index (κ1) is 24.2. The molecule has 4 nitrogen and oxygen atoms in total. The number of likely N-dealkylation sites (N-methyl/N-ethyl adjacent to an activating group) is 1. The molecule has 0 radical (unpaired) electrons. The lowest BCUT2D eigenvalue weighted by Gasteiger charge is -2.31. The highest BCUT2D eigenvalue weighted by Gasteiger charge is 2.29. The van der Waals surface area contributed by atoms with Crippen molar-refractivity contribution in [3.8, 4) is 0 Å². The van der Waals surface area contributed by atoms with E-state index in [1.807, 2.05) is 30.3 Å². The SMILES string of the molecule is CCc1ccc(CCC(=O)N(Cc2ccc(F)cc2)[C@@H](Cc2ccccc2)C(=O)NC)cc1. The maximum Gasteiger partial charge on any atom is 0.242 e. The predicted octanol–water partition coefficient (Wildman–Crippen LogP) is 4.71. The quantitative estimate of drug-likeness (QED) is 0.491. The first-order valence-electron chi connectivity index (χ1n) is 11.4. The lowest BCUT2D eigenvalue weighted by atomic mass is 10.0. The number of hydrogen-bond acceptors (Lipinski definition) is 2. The number of amides is 2. The van der Waals surface area contributed by atoms with E-state index in [9.17, 15) is 14.0 Å². The molecule has 172 valence electrons. The third kappa shape index (κ3) is 7.01. The fraction of sp³-hybridized carbons (Fsp3) is 0.286. The van der Waals surface area contributed by atoms with E-state index in [-0.39, 0.29) is 30.6 Å². The molecule has 0 saturated heterocycles. The van der Waals surface area contributed by atoms with Crippen LogP contribution in [0.4, 0.5) is 4.39 Å². The van der Waals surface area contributed by atoms with Crippen LogP contribution in [0, 0.1) is 5.82 Å². The van der Waals surface area contributed by atoms with Gasteiger partial charge in [0.25, 0.3) is 0 Å². The van der Waals surface area contributed by atoms with Crippen LogP contribution in [0.15, 0.2) is 78.9 Å². The molecule has 0 heterocycles. The van der Waals surface area contributed by atoms with Crippen LogP contribution >= 0.6 is 0 Å². The minimum Gasteiger partial charge on any atom is -0.357 e. The van der Waals surface area contributed by atoms with E-state index >= 15 is 0 Å². The van der Waals surface area contributed by atoms with Crippen LogP contribution in [-0.4, -0.2) is 29.8 Å². The third-order valence-electron chi connectivity index (χ3n) is 5.84. The van der Waals surface area contributed by atoms with Crippen LogP contribution in [0.3, 0.4) is 0 Å². The average molecular weight is 447 g/mol. The van der Waals surface area contributed by atoms with Crippen molar-refractivity contribution < 1.29 is 14.0 Å². The van der Waals surface area contributed by atoms with Gasteiger partial charge in [0.2, 0.25) is 11.8 Å². The van der Waals surface area contributed by atoms with Crippen LogP contribution in [-0.2, 0) is 35.4 Å². The Morgan fingerprint density at radius 3 is 2.06 bits per heavy atom. The van der Waals surface area contributed by atoms with Gasteiger partial charge in [-0.2, -0.15) is 0 Å². The normalized spacial score (nSPS) is 11.6. The summed E-state index contributed by atoms with van der Waals surface area (Å²) in [6.07, 6.45) is 2.25. The van der Waals surface area contributed by atoms with Crippen molar-refractivity contribution in [3.05, 3.63) is 107 Å². The van der Waals surface area contributed by atoms with Crippen LogP contribution in [0.2, 0.25) is 0 Å². The number of hydrogen-bond donors (Lipinski definition) is 1. The molecular weight excluding hydrogens is 415 g/mol. The molecule has 3 rings (SSSR count). The number of carbonyl (C=O) groups excluding carboxylic acids is 2. The smallest absolute Gasteiger partial charge is 0.242 e. The van der Waals surface area contributed by atoms with Crippen molar-refractivity contribution in [2.24, 2.45) is 0 Å². The molecule has 33 heavy (non-hydrogen) atoms. The summed E-state index contributed by atoms with van der Waals surface area (Å²) in [5.41, 5.74) is 4.09. The summed E-state index contributed by atoms with van der Waals surface area (Å²) >= 11 is 0. The Balaban J connectivity index is 1.84. The van der Waals surface area contributed by atoms with Gasteiger partial charge in [-0.3, -0.25) is 9.59 Å². The van der Waals surface area contributed by atoms with Gasteiger partial charge in [0.15, 0.2) is 0 Å². The molecule has 0 unspecified atom stereocenters. The number of nitrogens with zero attached hydrogens (tertiary/aromatic N) is 1. The summed E-state index contributed by atoms with van der Waals surface area (Å²) in [5, 5.41) is 2.71. The second kappa shape index (κ2) is 12.0. The first-order chi connectivity index (χ1) is 16.0. The van der Waals surface area contributed by atoms with Gasteiger partial charge >= 0.3 is 0 Å². The molecule has 1 atom stereocenters. The Morgan fingerprint density at radius 1 is 0.848 bits per heavy atom. The third-order valence-corrected chi connectivity index (χ3v) is 5.84. The molecular formula is C28H31FN2O2. The van der Waals surface area contributed by atoms with Crippen molar-refractivity contribution in [2.75, 3.05) is 7.05 Å². The number of benzene rings is 3. The Hall–Kier alpha value is -3.47. The van der Waals surface area contributed by atoms with Crippen molar-refractivity contribution >= 4 is 11.8 Å². The molecule has 3 aromatic rings. The summed E-state index contributed by atoms with van der Waals surface area (Å²) < 4.78 is 13.4. The molecule has 0 aliphatic carbocycles.